The molecule has 0 radical (unpaired) electrons. The highest BCUT2D eigenvalue weighted by Crippen LogP contribution is 2.09. The fourth-order valence-electron chi connectivity index (χ4n) is 1.30. The Morgan fingerprint density at radius 2 is 2.40 bits per heavy atom. The second-order valence-corrected chi connectivity index (χ2v) is 4.81. The van der Waals surface area contributed by atoms with Gasteiger partial charge in [-0.1, -0.05) is 0 Å². The Morgan fingerprint density at radius 3 is 3.07 bits per heavy atom. The topological polar surface area (TPSA) is 34.9 Å². The number of hydrogen-bond donors (Lipinski definition) is 0. The predicted octanol–water partition coefficient (Wildman–Crippen LogP) is 2.42. The quantitative estimate of drug-likeness (QED) is 0.849. The Labute approximate surface area is 99.5 Å². The van der Waals surface area contributed by atoms with Crippen molar-refractivity contribution in [1.82, 2.24) is 9.55 Å². The molecule has 0 atom stereocenters. The Hall–Kier alpha value is -0.940. The third kappa shape index (κ3) is 2.18. The van der Waals surface area contributed by atoms with E-state index in [1.807, 2.05) is 23.8 Å². The largest absolute Gasteiger partial charge is 0.291 e. The van der Waals surface area contributed by atoms with Crippen LogP contribution in [-0.4, -0.2) is 9.55 Å². The Kier molecular flexibility index (Phi) is 3.02. The van der Waals surface area contributed by atoms with Crippen LogP contribution in [0.4, 0.5) is 0 Å². The second-order valence-electron chi connectivity index (χ2n) is 3.18. The van der Waals surface area contributed by atoms with E-state index in [1.165, 1.54) is 0 Å². The van der Waals surface area contributed by atoms with Gasteiger partial charge in [0.25, 0.3) is 5.56 Å². The highest BCUT2D eigenvalue weighted by atomic mass is 79.9. The summed E-state index contributed by atoms with van der Waals surface area (Å²) in [7, 11) is 0. The maximum Gasteiger partial charge on any atom is 0.268 e. The van der Waals surface area contributed by atoms with E-state index in [4.69, 9.17) is 0 Å². The first-order valence-electron chi connectivity index (χ1n) is 4.41. The third-order valence-electron chi connectivity index (χ3n) is 2.13. The lowest BCUT2D eigenvalue weighted by Crippen LogP contribution is -2.24. The number of nitrogens with zero attached hydrogens (tertiary/aromatic N) is 2. The van der Waals surface area contributed by atoms with E-state index in [2.05, 4.69) is 20.9 Å². The molecule has 2 rings (SSSR count). The molecule has 0 aliphatic rings. The van der Waals surface area contributed by atoms with Crippen LogP contribution in [0, 0.1) is 6.92 Å². The summed E-state index contributed by atoms with van der Waals surface area (Å²) >= 11 is 4.82. The van der Waals surface area contributed by atoms with Crippen molar-refractivity contribution in [3.05, 3.63) is 49.2 Å². The van der Waals surface area contributed by atoms with E-state index in [9.17, 15) is 4.79 Å². The van der Waals surface area contributed by atoms with Crippen LogP contribution in [0.15, 0.2) is 32.3 Å². The van der Waals surface area contributed by atoms with E-state index in [-0.39, 0.29) is 5.56 Å². The van der Waals surface area contributed by atoms with Crippen LogP contribution in [0.1, 0.15) is 11.4 Å². The molecule has 2 aromatic rings. The van der Waals surface area contributed by atoms with Gasteiger partial charge in [0.15, 0.2) is 0 Å². The van der Waals surface area contributed by atoms with Gasteiger partial charge in [-0.3, -0.25) is 9.36 Å². The van der Waals surface area contributed by atoms with Crippen molar-refractivity contribution >= 4 is 27.3 Å². The number of hydrogen-bond acceptors (Lipinski definition) is 3. The number of halogens is 1. The summed E-state index contributed by atoms with van der Waals surface area (Å²) in [6, 6.07) is 2.01. The van der Waals surface area contributed by atoms with Gasteiger partial charge in [0.05, 0.1) is 6.54 Å². The minimum atomic E-state index is -0.0336. The van der Waals surface area contributed by atoms with Gasteiger partial charge in [-0.05, 0) is 45.2 Å². The molecule has 0 unspecified atom stereocenters. The van der Waals surface area contributed by atoms with Crippen molar-refractivity contribution in [2.24, 2.45) is 0 Å². The maximum absolute atomic E-state index is 11.8. The van der Waals surface area contributed by atoms with Crippen molar-refractivity contribution < 1.29 is 0 Å². The van der Waals surface area contributed by atoms with Gasteiger partial charge in [0, 0.05) is 6.20 Å². The van der Waals surface area contributed by atoms with Crippen molar-refractivity contribution in [2.75, 3.05) is 0 Å². The van der Waals surface area contributed by atoms with Gasteiger partial charge in [0.1, 0.15) is 10.3 Å². The molecule has 0 saturated carbocycles. The lowest BCUT2D eigenvalue weighted by Gasteiger charge is -2.07. The van der Waals surface area contributed by atoms with Crippen LogP contribution in [0.3, 0.4) is 0 Å². The van der Waals surface area contributed by atoms with E-state index in [0.717, 1.165) is 11.4 Å². The number of aromatic nitrogens is 2. The summed E-state index contributed by atoms with van der Waals surface area (Å²) < 4.78 is 2.16. The zero-order valence-corrected chi connectivity index (χ0v) is 10.5. The molecule has 2 heterocycles. The van der Waals surface area contributed by atoms with Crippen molar-refractivity contribution in [1.29, 1.82) is 0 Å². The third-order valence-corrected chi connectivity index (χ3v) is 3.40. The summed E-state index contributed by atoms with van der Waals surface area (Å²) in [5.41, 5.74) is 1.10. The predicted molar refractivity (Wildman–Crippen MR) is 64.4 cm³/mol. The molecule has 0 amide bonds. The first-order valence-corrected chi connectivity index (χ1v) is 6.15. The molecule has 15 heavy (non-hydrogen) atoms. The van der Waals surface area contributed by atoms with Crippen LogP contribution >= 0.6 is 27.3 Å². The lowest BCUT2D eigenvalue weighted by atomic mass is 10.3. The Balaban J connectivity index is 2.44. The molecule has 0 N–H and O–H groups in total. The van der Waals surface area contributed by atoms with Gasteiger partial charge in [0.2, 0.25) is 0 Å². The van der Waals surface area contributed by atoms with Gasteiger partial charge >= 0.3 is 0 Å². The molecule has 0 spiro atoms. The van der Waals surface area contributed by atoms with Crippen LogP contribution in [-0.2, 0) is 6.54 Å². The summed E-state index contributed by atoms with van der Waals surface area (Å²) in [4.78, 5) is 15.9. The highest BCUT2D eigenvalue weighted by Gasteiger charge is 2.05. The fraction of sp³-hybridized carbons (Fsp3) is 0.200. The van der Waals surface area contributed by atoms with Crippen LogP contribution in [0.25, 0.3) is 0 Å². The van der Waals surface area contributed by atoms with Crippen molar-refractivity contribution in [2.45, 2.75) is 13.5 Å². The molecule has 0 saturated heterocycles. The molecule has 5 heteroatoms. The monoisotopic (exact) mass is 284 g/mol. The Bertz CT molecular complexity index is 519. The number of thiophene rings is 1. The van der Waals surface area contributed by atoms with Crippen molar-refractivity contribution in [3.8, 4) is 0 Å². The van der Waals surface area contributed by atoms with Crippen LogP contribution in [0.5, 0.6) is 0 Å². The zero-order chi connectivity index (χ0) is 10.8. The Morgan fingerprint density at radius 1 is 1.60 bits per heavy atom. The molecule has 0 aliphatic carbocycles. The first-order chi connectivity index (χ1) is 7.18. The summed E-state index contributed by atoms with van der Waals surface area (Å²) in [6.07, 6.45) is 1.54. The summed E-state index contributed by atoms with van der Waals surface area (Å²) in [5.74, 6) is 0.731. The molecule has 2 aromatic heterocycles. The molecular formula is C10H9BrN2OS. The average Bonchev–Trinajstić information content (AvgIpc) is 2.71. The number of aryl methyl sites for hydroxylation is 1. The molecule has 0 aliphatic heterocycles. The van der Waals surface area contributed by atoms with Crippen LogP contribution < -0.4 is 5.56 Å². The average molecular weight is 285 g/mol. The standard InChI is InChI=1S/C10H9BrN2OS/c1-7-12-4-9(11)10(14)13(7)5-8-2-3-15-6-8/h2-4,6H,5H2,1H3. The minimum Gasteiger partial charge on any atom is -0.291 e. The van der Waals surface area contributed by atoms with Gasteiger partial charge in [-0.25, -0.2) is 4.98 Å². The molecule has 3 nitrogen and oxygen atoms in total. The molecule has 0 bridgehead atoms. The normalized spacial score (nSPS) is 10.5. The van der Waals surface area contributed by atoms with Gasteiger partial charge < -0.3 is 0 Å². The zero-order valence-electron chi connectivity index (χ0n) is 8.11. The molecule has 0 fully saturated rings. The van der Waals surface area contributed by atoms with E-state index in [0.29, 0.717) is 11.0 Å². The first kappa shape index (κ1) is 10.6. The van der Waals surface area contributed by atoms with E-state index in [1.54, 1.807) is 22.1 Å². The lowest BCUT2D eigenvalue weighted by molar-refractivity contribution is 0.697. The van der Waals surface area contributed by atoms with E-state index >= 15 is 0 Å². The SMILES string of the molecule is Cc1ncc(Br)c(=O)n1Cc1ccsc1. The summed E-state index contributed by atoms with van der Waals surface area (Å²) in [6.45, 7) is 2.42. The van der Waals surface area contributed by atoms with Crippen LogP contribution in [0.2, 0.25) is 0 Å². The summed E-state index contributed by atoms with van der Waals surface area (Å²) in [5, 5.41) is 4.04. The number of rotatable bonds is 2. The highest BCUT2D eigenvalue weighted by molar-refractivity contribution is 9.10. The molecule has 0 aromatic carbocycles. The van der Waals surface area contributed by atoms with Gasteiger partial charge in [-0.2, -0.15) is 11.3 Å². The fourth-order valence-corrected chi connectivity index (χ4v) is 2.28. The van der Waals surface area contributed by atoms with E-state index < -0.39 is 0 Å². The smallest absolute Gasteiger partial charge is 0.268 e. The van der Waals surface area contributed by atoms with Crippen molar-refractivity contribution in [3.63, 3.8) is 0 Å². The molecule has 78 valence electrons. The second kappa shape index (κ2) is 4.28. The maximum atomic E-state index is 11.8. The van der Waals surface area contributed by atoms with Gasteiger partial charge in [-0.15, -0.1) is 0 Å². The minimum absolute atomic E-state index is 0.0336. The molecular weight excluding hydrogens is 276 g/mol.